The minimum atomic E-state index is -1.36. The molecule has 0 spiro atoms. The summed E-state index contributed by atoms with van der Waals surface area (Å²) < 4.78 is 5.15. The van der Waals surface area contributed by atoms with Crippen molar-refractivity contribution in [3.63, 3.8) is 0 Å². The van der Waals surface area contributed by atoms with Crippen molar-refractivity contribution in [1.82, 2.24) is 0 Å². The standard InChI is InChI=1S/C10H11NO5/c1-2-6-16-8-5-3-4-7(11(14)15)9(8)10(12)13/h3-5H,2,6H2,1H3,(H,12,13). The van der Waals surface area contributed by atoms with E-state index in [0.29, 0.717) is 13.0 Å². The molecule has 6 nitrogen and oxygen atoms in total. The summed E-state index contributed by atoms with van der Waals surface area (Å²) in [5.74, 6) is -1.33. The lowest BCUT2D eigenvalue weighted by molar-refractivity contribution is -0.385. The number of hydrogen-bond donors (Lipinski definition) is 1. The molecule has 0 fully saturated rings. The van der Waals surface area contributed by atoms with Crippen molar-refractivity contribution in [2.75, 3.05) is 6.61 Å². The summed E-state index contributed by atoms with van der Waals surface area (Å²) in [6, 6.07) is 3.95. The number of benzene rings is 1. The molecule has 0 aliphatic heterocycles. The van der Waals surface area contributed by atoms with E-state index in [1.807, 2.05) is 6.92 Å². The zero-order valence-corrected chi connectivity index (χ0v) is 8.67. The van der Waals surface area contributed by atoms with Crippen molar-refractivity contribution in [1.29, 1.82) is 0 Å². The number of nitro groups is 1. The maximum Gasteiger partial charge on any atom is 0.346 e. The van der Waals surface area contributed by atoms with E-state index in [1.165, 1.54) is 12.1 Å². The summed E-state index contributed by atoms with van der Waals surface area (Å²) in [6.07, 6.45) is 0.696. The molecule has 0 saturated carbocycles. The number of nitro benzene ring substituents is 1. The van der Waals surface area contributed by atoms with Gasteiger partial charge in [0.05, 0.1) is 11.5 Å². The third-order valence-corrected chi connectivity index (χ3v) is 1.88. The van der Waals surface area contributed by atoms with Gasteiger partial charge in [0.1, 0.15) is 5.75 Å². The highest BCUT2D eigenvalue weighted by molar-refractivity contribution is 5.95. The van der Waals surface area contributed by atoms with Crippen molar-refractivity contribution < 1.29 is 19.6 Å². The van der Waals surface area contributed by atoms with Gasteiger partial charge in [-0.2, -0.15) is 0 Å². The van der Waals surface area contributed by atoms with Crippen molar-refractivity contribution in [2.24, 2.45) is 0 Å². The highest BCUT2D eigenvalue weighted by Gasteiger charge is 2.24. The fraction of sp³-hybridized carbons (Fsp3) is 0.300. The van der Waals surface area contributed by atoms with E-state index in [2.05, 4.69) is 0 Å². The highest BCUT2D eigenvalue weighted by Crippen LogP contribution is 2.28. The van der Waals surface area contributed by atoms with Crippen LogP contribution in [0, 0.1) is 10.1 Å². The minimum Gasteiger partial charge on any atom is -0.492 e. The molecule has 0 radical (unpaired) electrons. The average Bonchev–Trinajstić information content (AvgIpc) is 2.25. The number of carbonyl (C=O) groups is 1. The topological polar surface area (TPSA) is 89.7 Å². The summed E-state index contributed by atoms with van der Waals surface area (Å²) in [5, 5.41) is 19.5. The first-order chi connectivity index (χ1) is 7.57. The molecule has 0 aromatic heterocycles. The van der Waals surface area contributed by atoms with Gasteiger partial charge in [-0.3, -0.25) is 10.1 Å². The Balaban J connectivity index is 3.21. The van der Waals surface area contributed by atoms with Crippen LogP contribution in [0.4, 0.5) is 5.69 Å². The second-order valence-corrected chi connectivity index (χ2v) is 3.06. The smallest absolute Gasteiger partial charge is 0.346 e. The zero-order chi connectivity index (χ0) is 12.1. The number of carboxylic acid groups (broad SMARTS) is 1. The SMILES string of the molecule is CCCOc1cccc([N+](=O)[O-])c1C(=O)O. The van der Waals surface area contributed by atoms with Crippen LogP contribution in [-0.4, -0.2) is 22.6 Å². The second kappa shape index (κ2) is 5.11. The Labute approximate surface area is 91.6 Å². The first-order valence-electron chi connectivity index (χ1n) is 4.71. The molecule has 0 heterocycles. The molecular weight excluding hydrogens is 214 g/mol. The van der Waals surface area contributed by atoms with E-state index in [4.69, 9.17) is 9.84 Å². The lowest BCUT2D eigenvalue weighted by atomic mass is 10.1. The first kappa shape index (κ1) is 12.0. The summed E-state index contributed by atoms with van der Waals surface area (Å²) in [7, 11) is 0. The molecule has 1 rings (SSSR count). The third-order valence-electron chi connectivity index (χ3n) is 1.88. The van der Waals surface area contributed by atoms with Crippen molar-refractivity contribution in [3.05, 3.63) is 33.9 Å². The van der Waals surface area contributed by atoms with E-state index >= 15 is 0 Å². The van der Waals surface area contributed by atoms with E-state index in [1.54, 1.807) is 0 Å². The van der Waals surface area contributed by atoms with Crippen LogP contribution in [0.3, 0.4) is 0 Å². The van der Waals surface area contributed by atoms with Gasteiger partial charge in [-0.1, -0.05) is 13.0 Å². The van der Waals surface area contributed by atoms with E-state index in [9.17, 15) is 14.9 Å². The van der Waals surface area contributed by atoms with E-state index in [-0.39, 0.29) is 5.75 Å². The molecule has 0 saturated heterocycles. The number of aromatic carboxylic acids is 1. The van der Waals surface area contributed by atoms with Crippen LogP contribution in [-0.2, 0) is 0 Å². The number of carboxylic acids is 1. The molecule has 86 valence electrons. The Hall–Kier alpha value is -2.11. The molecule has 0 aliphatic rings. The summed E-state index contributed by atoms with van der Waals surface area (Å²) in [5.41, 5.74) is -0.859. The molecule has 0 unspecified atom stereocenters. The molecule has 1 aromatic carbocycles. The fourth-order valence-electron chi connectivity index (χ4n) is 1.22. The largest absolute Gasteiger partial charge is 0.492 e. The Bertz CT molecular complexity index is 416. The van der Waals surface area contributed by atoms with E-state index < -0.39 is 22.1 Å². The minimum absolute atomic E-state index is 0.0311. The maximum atomic E-state index is 10.9. The molecular formula is C10H11NO5. The Kier molecular flexibility index (Phi) is 3.82. The molecule has 0 aliphatic carbocycles. The van der Waals surface area contributed by atoms with E-state index in [0.717, 1.165) is 6.07 Å². The zero-order valence-electron chi connectivity index (χ0n) is 8.67. The molecule has 1 aromatic rings. The average molecular weight is 225 g/mol. The van der Waals surface area contributed by atoms with Crippen LogP contribution in [0.2, 0.25) is 0 Å². The number of ether oxygens (including phenoxy) is 1. The van der Waals surface area contributed by atoms with Gasteiger partial charge < -0.3 is 9.84 Å². The Morgan fingerprint density at radius 2 is 2.25 bits per heavy atom. The normalized spacial score (nSPS) is 9.81. The van der Waals surface area contributed by atoms with Gasteiger partial charge >= 0.3 is 5.97 Å². The maximum absolute atomic E-state index is 10.9. The second-order valence-electron chi connectivity index (χ2n) is 3.06. The summed E-state index contributed by atoms with van der Waals surface area (Å²) in [4.78, 5) is 20.8. The quantitative estimate of drug-likeness (QED) is 0.612. The molecule has 16 heavy (non-hydrogen) atoms. The number of hydrogen-bond acceptors (Lipinski definition) is 4. The van der Waals surface area contributed by atoms with Crippen molar-refractivity contribution >= 4 is 11.7 Å². The van der Waals surface area contributed by atoms with Gasteiger partial charge in [0.15, 0.2) is 5.56 Å². The van der Waals surface area contributed by atoms with Gasteiger partial charge in [-0.25, -0.2) is 4.79 Å². The van der Waals surface area contributed by atoms with Crippen LogP contribution in [0.25, 0.3) is 0 Å². The molecule has 0 bridgehead atoms. The van der Waals surface area contributed by atoms with Crippen molar-refractivity contribution in [3.8, 4) is 5.75 Å². The number of nitrogens with zero attached hydrogens (tertiary/aromatic N) is 1. The summed E-state index contributed by atoms with van der Waals surface area (Å²) >= 11 is 0. The van der Waals surface area contributed by atoms with Gasteiger partial charge in [0, 0.05) is 6.07 Å². The van der Waals surface area contributed by atoms with Crippen LogP contribution in [0.1, 0.15) is 23.7 Å². The lowest BCUT2D eigenvalue weighted by Crippen LogP contribution is -2.07. The van der Waals surface area contributed by atoms with Crippen LogP contribution >= 0.6 is 0 Å². The molecule has 1 N–H and O–H groups in total. The van der Waals surface area contributed by atoms with Crippen molar-refractivity contribution in [2.45, 2.75) is 13.3 Å². The predicted molar refractivity (Wildman–Crippen MR) is 55.8 cm³/mol. The van der Waals surface area contributed by atoms with Gasteiger partial charge in [-0.15, -0.1) is 0 Å². The van der Waals surface area contributed by atoms with Crippen LogP contribution in [0.15, 0.2) is 18.2 Å². The Morgan fingerprint density at radius 3 is 2.75 bits per heavy atom. The highest BCUT2D eigenvalue weighted by atomic mass is 16.6. The summed E-state index contributed by atoms with van der Waals surface area (Å²) in [6.45, 7) is 2.18. The molecule has 6 heteroatoms. The predicted octanol–water partition coefficient (Wildman–Crippen LogP) is 2.08. The Morgan fingerprint density at radius 1 is 1.56 bits per heavy atom. The number of rotatable bonds is 5. The first-order valence-corrected chi connectivity index (χ1v) is 4.71. The molecule has 0 amide bonds. The van der Waals surface area contributed by atoms with Gasteiger partial charge in [0.25, 0.3) is 5.69 Å². The van der Waals surface area contributed by atoms with Gasteiger partial charge in [-0.05, 0) is 12.5 Å². The van der Waals surface area contributed by atoms with Gasteiger partial charge in [0.2, 0.25) is 0 Å². The third kappa shape index (κ3) is 2.47. The molecule has 0 atom stereocenters. The fourth-order valence-corrected chi connectivity index (χ4v) is 1.22. The monoisotopic (exact) mass is 225 g/mol. The lowest BCUT2D eigenvalue weighted by Gasteiger charge is -2.07. The van der Waals surface area contributed by atoms with Crippen LogP contribution in [0.5, 0.6) is 5.75 Å². The van der Waals surface area contributed by atoms with Crippen LogP contribution < -0.4 is 4.74 Å².